The van der Waals surface area contributed by atoms with Crippen LogP contribution in [0, 0.1) is 5.92 Å². The summed E-state index contributed by atoms with van der Waals surface area (Å²) in [5.74, 6) is 2.49. The number of hydrogen-bond donors (Lipinski definition) is 1. The quantitative estimate of drug-likeness (QED) is 0.824. The number of rotatable bonds is 7. The monoisotopic (exact) mass is 276 g/mol. The minimum Gasteiger partial charge on any atom is -0.354 e. The molecule has 1 aromatic rings. The van der Waals surface area contributed by atoms with E-state index in [4.69, 9.17) is 4.98 Å². The molecular formula is C16H28N4. The molecule has 2 rings (SSSR count). The second-order valence-corrected chi connectivity index (χ2v) is 6.15. The molecule has 1 fully saturated rings. The van der Waals surface area contributed by atoms with Crippen LogP contribution in [0.2, 0.25) is 0 Å². The van der Waals surface area contributed by atoms with Crippen LogP contribution in [0.5, 0.6) is 0 Å². The van der Waals surface area contributed by atoms with Gasteiger partial charge in [-0.1, -0.05) is 33.6 Å². The molecule has 0 saturated heterocycles. The SMILES string of the molecule is CCCNc1nccc(N(CC(C)C)C2CCCC2)n1. The minimum atomic E-state index is 0.651. The molecule has 1 saturated carbocycles. The number of anilines is 2. The predicted molar refractivity (Wildman–Crippen MR) is 85.3 cm³/mol. The second kappa shape index (κ2) is 7.46. The maximum absolute atomic E-state index is 4.71. The Bertz CT molecular complexity index is 399. The molecule has 1 aliphatic rings. The Morgan fingerprint density at radius 1 is 1.35 bits per heavy atom. The molecule has 1 aliphatic carbocycles. The topological polar surface area (TPSA) is 41.1 Å². The van der Waals surface area contributed by atoms with Gasteiger partial charge in [0.1, 0.15) is 5.82 Å². The van der Waals surface area contributed by atoms with Crippen molar-refractivity contribution in [1.82, 2.24) is 9.97 Å². The molecule has 0 amide bonds. The highest BCUT2D eigenvalue weighted by atomic mass is 15.2. The summed E-state index contributed by atoms with van der Waals surface area (Å²) >= 11 is 0. The van der Waals surface area contributed by atoms with Gasteiger partial charge in [0.05, 0.1) is 0 Å². The molecular weight excluding hydrogens is 248 g/mol. The molecule has 0 aromatic carbocycles. The van der Waals surface area contributed by atoms with Crippen LogP contribution in [0.4, 0.5) is 11.8 Å². The molecule has 112 valence electrons. The predicted octanol–water partition coefficient (Wildman–Crippen LogP) is 3.70. The largest absolute Gasteiger partial charge is 0.354 e. The molecule has 1 aromatic heterocycles. The van der Waals surface area contributed by atoms with Gasteiger partial charge in [0, 0.05) is 25.3 Å². The third-order valence-corrected chi connectivity index (χ3v) is 3.80. The van der Waals surface area contributed by atoms with Crippen LogP contribution in [0.1, 0.15) is 52.9 Å². The lowest BCUT2D eigenvalue weighted by atomic mass is 10.1. The average molecular weight is 276 g/mol. The molecule has 20 heavy (non-hydrogen) atoms. The molecule has 0 spiro atoms. The van der Waals surface area contributed by atoms with Crippen molar-refractivity contribution in [2.24, 2.45) is 5.92 Å². The van der Waals surface area contributed by atoms with Gasteiger partial charge in [-0.15, -0.1) is 0 Å². The lowest BCUT2D eigenvalue weighted by Gasteiger charge is -2.31. The second-order valence-electron chi connectivity index (χ2n) is 6.15. The highest BCUT2D eigenvalue weighted by molar-refractivity contribution is 5.43. The number of nitrogens with one attached hydrogen (secondary N) is 1. The van der Waals surface area contributed by atoms with E-state index in [0.29, 0.717) is 12.0 Å². The molecule has 0 atom stereocenters. The average Bonchev–Trinajstić information content (AvgIpc) is 2.96. The third-order valence-electron chi connectivity index (χ3n) is 3.80. The van der Waals surface area contributed by atoms with Gasteiger partial charge in [-0.3, -0.25) is 0 Å². The zero-order valence-electron chi connectivity index (χ0n) is 13.1. The zero-order chi connectivity index (χ0) is 14.4. The number of aromatic nitrogens is 2. The fraction of sp³-hybridized carbons (Fsp3) is 0.750. The zero-order valence-corrected chi connectivity index (χ0v) is 13.1. The van der Waals surface area contributed by atoms with Crippen molar-refractivity contribution in [2.45, 2.75) is 58.9 Å². The maximum atomic E-state index is 4.71. The van der Waals surface area contributed by atoms with Crippen molar-refractivity contribution in [3.8, 4) is 0 Å². The van der Waals surface area contributed by atoms with Gasteiger partial charge in [-0.05, 0) is 31.2 Å². The molecule has 0 unspecified atom stereocenters. The van der Waals surface area contributed by atoms with E-state index < -0.39 is 0 Å². The van der Waals surface area contributed by atoms with Crippen LogP contribution in [0.25, 0.3) is 0 Å². The van der Waals surface area contributed by atoms with Gasteiger partial charge in [-0.25, -0.2) is 4.98 Å². The van der Waals surface area contributed by atoms with Crippen LogP contribution in [-0.2, 0) is 0 Å². The minimum absolute atomic E-state index is 0.651. The normalized spacial score (nSPS) is 15.8. The van der Waals surface area contributed by atoms with Gasteiger partial charge in [0.15, 0.2) is 0 Å². The Kier molecular flexibility index (Phi) is 5.62. The lowest BCUT2D eigenvalue weighted by Crippen LogP contribution is -2.37. The Hall–Kier alpha value is -1.32. The van der Waals surface area contributed by atoms with Crippen molar-refractivity contribution in [1.29, 1.82) is 0 Å². The van der Waals surface area contributed by atoms with E-state index in [1.54, 1.807) is 0 Å². The van der Waals surface area contributed by atoms with Gasteiger partial charge in [0.25, 0.3) is 0 Å². The molecule has 4 nitrogen and oxygen atoms in total. The van der Waals surface area contributed by atoms with Crippen molar-refractivity contribution in [3.63, 3.8) is 0 Å². The van der Waals surface area contributed by atoms with E-state index in [1.807, 2.05) is 6.20 Å². The van der Waals surface area contributed by atoms with E-state index in [9.17, 15) is 0 Å². The first-order valence-electron chi connectivity index (χ1n) is 8.04. The van der Waals surface area contributed by atoms with Crippen molar-refractivity contribution >= 4 is 11.8 Å². The van der Waals surface area contributed by atoms with Crippen molar-refractivity contribution < 1.29 is 0 Å². The Labute approximate surface area is 123 Å². The highest BCUT2D eigenvalue weighted by Crippen LogP contribution is 2.28. The summed E-state index contributed by atoms with van der Waals surface area (Å²) in [5.41, 5.74) is 0. The summed E-state index contributed by atoms with van der Waals surface area (Å²) in [7, 11) is 0. The standard InChI is InChI=1S/C16H28N4/c1-4-10-17-16-18-11-9-15(19-16)20(12-13(2)3)14-7-5-6-8-14/h9,11,13-14H,4-8,10,12H2,1-3H3,(H,17,18,19). The first-order valence-corrected chi connectivity index (χ1v) is 8.04. The van der Waals surface area contributed by atoms with E-state index in [0.717, 1.165) is 31.3 Å². The molecule has 4 heteroatoms. The van der Waals surface area contributed by atoms with E-state index in [-0.39, 0.29) is 0 Å². The summed E-state index contributed by atoms with van der Waals surface area (Å²) < 4.78 is 0. The van der Waals surface area contributed by atoms with Gasteiger partial charge >= 0.3 is 0 Å². The number of nitrogens with zero attached hydrogens (tertiary/aromatic N) is 3. The van der Waals surface area contributed by atoms with E-state index >= 15 is 0 Å². The van der Waals surface area contributed by atoms with Gasteiger partial charge < -0.3 is 10.2 Å². The van der Waals surface area contributed by atoms with Crippen LogP contribution in [0.3, 0.4) is 0 Å². The van der Waals surface area contributed by atoms with Gasteiger partial charge in [0.2, 0.25) is 5.95 Å². The Morgan fingerprint density at radius 3 is 2.75 bits per heavy atom. The summed E-state index contributed by atoms with van der Waals surface area (Å²) in [6.07, 6.45) is 8.27. The third kappa shape index (κ3) is 4.09. The summed E-state index contributed by atoms with van der Waals surface area (Å²) in [6.45, 7) is 8.71. The van der Waals surface area contributed by atoms with E-state index in [1.165, 1.54) is 25.7 Å². The molecule has 0 aliphatic heterocycles. The maximum Gasteiger partial charge on any atom is 0.224 e. The van der Waals surface area contributed by atoms with Crippen LogP contribution < -0.4 is 10.2 Å². The fourth-order valence-electron chi connectivity index (χ4n) is 2.87. The van der Waals surface area contributed by atoms with Gasteiger partial charge in [-0.2, -0.15) is 4.98 Å². The fourth-order valence-corrected chi connectivity index (χ4v) is 2.87. The Morgan fingerprint density at radius 2 is 2.10 bits per heavy atom. The van der Waals surface area contributed by atoms with Crippen LogP contribution >= 0.6 is 0 Å². The molecule has 0 bridgehead atoms. The van der Waals surface area contributed by atoms with Crippen molar-refractivity contribution in [2.75, 3.05) is 23.3 Å². The summed E-state index contributed by atoms with van der Waals surface area (Å²) in [6, 6.07) is 2.71. The van der Waals surface area contributed by atoms with E-state index in [2.05, 4.69) is 42.0 Å². The smallest absolute Gasteiger partial charge is 0.224 e. The summed E-state index contributed by atoms with van der Waals surface area (Å²) in [4.78, 5) is 11.5. The Balaban J connectivity index is 2.14. The lowest BCUT2D eigenvalue weighted by molar-refractivity contribution is 0.531. The van der Waals surface area contributed by atoms with Crippen LogP contribution in [0.15, 0.2) is 12.3 Å². The first-order chi connectivity index (χ1) is 9.70. The molecule has 1 N–H and O–H groups in total. The van der Waals surface area contributed by atoms with Crippen molar-refractivity contribution in [3.05, 3.63) is 12.3 Å². The molecule has 0 radical (unpaired) electrons. The highest BCUT2D eigenvalue weighted by Gasteiger charge is 2.24. The molecule has 1 heterocycles. The first kappa shape index (κ1) is 15.1. The van der Waals surface area contributed by atoms with Crippen LogP contribution in [-0.4, -0.2) is 29.1 Å². The number of hydrogen-bond acceptors (Lipinski definition) is 4. The summed E-state index contributed by atoms with van der Waals surface area (Å²) in [5, 5.41) is 3.28.